The van der Waals surface area contributed by atoms with Crippen LogP contribution in [0.15, 0.2) is 97.1 Å². The van der Waals surface area contributed by atoms with Gasteiger partial charge in [0.25, 0.3) is 0 Å². The van der Waals surface area contributed by atoms with Gasteiger partial charge >= 0.3 is 37.3 Å². The van der Waals surface area contributed by atoms with Crippen molar-refractivity contribution in [3.8, 4) is 45.6 Å². The summed E-state index contributed by atoms with van der Waals surface area (Å²) < 4.78 is 101. The number of hydrogen-bond donors (Lipinski definition) is 6. The third kappa shape index (κ3) is 14.9. The summed E-state index contributed by atoms with van der Waals surface area (Å²) in [4.78, 5) is 36.8. The van der Waals surface area contributed by atoms with Crippen molar-refractivity contribution >= 4 is 124 Å². The Morgan fingerprint density at radius 2 is 0.508 bits per heavy atom. The van der Waals surface area contributed by atoms with Gasteiger partial charge in [0.05, 0.1) is 0 Å². The number of hydrogen-bond acceptors (Lipinski definition) is 14. The van der Waals surface area contributed by atoms with E-state index < -0.39 is 37.3 Å². The number of aromatic nitrogens is 8. The third-order valence-electron chi connectivity index (χ3n) is 7.46. The Balaban J connectivity index is 0.000000329. The molecule has 8 bridgehead atoms. The minimum atomic E-state index is -4.19. The van der Waals surface area contributed by atoms with Gasteiger partial charge in [-0.25, -0.2) is 29.9 Å². The van der Waals surface area contributed by atoms with E-state index in [1.54, 1.807) is 0 Å². The van der Waals surface area contributed by atoms with Crippen molar-refractivity contribution in [2.24, 2.45) is 0 Å². The van der Waals surface area contributed by atoms with Crippen LogP contribution in [0.1, 0.15) is 0 Å². The van der Waals surface area contributed by atoms with Crippen LogP contribution in [0, 0.1) is 0 Å². The topological polar surface area (TPSA) is 326 Å². The quantitative estimate of drug-likeness (QED) is 0.0507. The predicted octanol–water partition coefficient (Wildman–Crippen LogP) is 6.98. The summed E-state index contributed by atoms with van der Waals surface area (Å²) in [6, 6.07) is 32.2. The molecule has 2 aliphatic heterocycles. The monoisotopic (exact) mass is 1040 g/mol. The molecule has 0 amide bonds. The van der Waals surface area contributed by atoms with Crippen molar-refractivity contribution in [3.05, 3.63) is 97.1 Å². The van der Waals surface area contributed by atoms with Crippen molar-refractivity contribution in [1.82, 2.24) is 39.9 Å². The van der Waals surface area contributed by atoms with Gasteiger partial charge in [-0.15, -0.1) is 0 Å². The first-order valence-electron chi connectivity index (χ1n) is 15.7. The normalized spacial score (nSPS) is 11.7. The summed E-state index contributed by atoms with van der Waals surface area (Å²) in [6.07, 6.45) is 0. The second-order valence-electron chi connectivity index (χ2n) is 11.4. The smallest absolute Gasteiger partial charge is 0.324 e. The predicted molar refractivity (Wildman–Crippen MR) is 226 cm³/mol. The molecule has 7 aromatic rings. The van der Waals surface area contributed by atoms with E-state index in [9.17, 15) is 0 Å². The fourth-order valence-electron chi connectivity index (χ4n) is 5.59. The zero-order chi connectivity index (χ0) is 44.2. The van der Waals surface area contributed by atoms with Crippen LogP contribution in [-0.4, -0.2) is 91.8 Å². The Morgan fingerprint density at radius 3 is 0.689 bits per heavy atom. The average Bonchev–Trinajstić information content (AvgIpc) is 3.85. The molecule has 0 fully saturated rings. The van der Waals surface area contributed by atoms with E-state index in [2.05, 4.69) is 52.7 Å². The van der Waals surface area contributed by atoms with E-state index in [0.717, 1.165) is 43.8 Å². The van der Waals surface area contributed by atoms with Crippen molar-refractivity contribution < 1.29 is 69.0 Å². The zero-order valence-corrected chi connectivity index (χ0v) is 36.7. The number of rotatable bonds is 0. The Labute approximate surface area is 372 Å². The van der Waals surface area contributed by atoms with Gasteiger partial charge in [-0.1, -0.05) is 97.1 Å². The van der Waals surface area contributed by atoms with Gasteiger partial charge < -0.3 is 9.97 Å². The molecule has 0 saturated heterocycles. The van der Waals surface area contributed by atoms with Gasteiger partial charge in [-0.3, -0.25) is 18.2 Å². The van der Waals surface area contributed by atoms with E-state index in [0.29, 0.717) is 45.9 Å². The molecule has 0 aliphatic carbocycles. The number of fused-ring (bicyclic) bond motifs is 20. The van der Waals surface area contributed by atoms with Gasteiger partial charge in [0.15, 0.2) is 23.3 Å². The first-order chi connectivity index (χ1) is 27.8. The van der Waals surface area contributed by atoms with E-state index in [4.69, 9.17) is 81.8 Å². The Morgan fingerprint density at radius 1 is 0.344 bits per heavy atom. The van der Waals surface area contributed by atoms with E-state index in [1.807, 2.05) is 97.1 Å². The Bertz CT molecular complexity index is 2950. The molecule has 61 heavy (non-hydrogen) atoms. The maximum absolute atomic E-state index is 8.95. The fourth-order valence-corrected chi connectivity index (χ4v) is 5.59. The standard InChI is InChI=1S/C32H18N8.4ClHO3S.Cu/c1-2-10-18-17(9-1)25-33-26(18)38-28-21-13-5-6-14-22(21)30(35-28)40-32-24-16-8-7-15-23(24)31(36-32)39-29-20-12-4-3-11-19(20)27(34-29)37-25;4*1-5(2,3)4;/h1-16H,(H2,33,34,35,36,37,38,39,40);4*(H,2,3,4);. The SMILES string of the molecule is O=S(=O)(O)Cl.O=S(=O)(O)Cl.O=S(=O)(O)Cl.O=S(=O)(O)Cl.[Cu].c1ccc2c(c1)-c1nc-2nc2[nH]c(nc3nc(nc4[nH]c(n1)c1ccccc41)-c1ccccc1-3)c1ccccc21. The average molecular weight is 1040 g/mol. The summed E-state index contributed by atoms with van der Waals surface area (Å²) in [7, 11) is -0.546. The molecular weight excluding hydrogens is 1020 g/mol. The first kappa shape index (κ1) is 49.2. The van der Waals surface area contributed by atoms with Crippen molar-refractivity contribution in [2.45, 2.75) is 0 Å². The number of nitrogens with one attached hydrogen (secondary N) is 2. The number of nitrogens with zero attached hydrogens (tertiary/aromatic N) is 6. The number of benzene rings is 4. The molecule has 20 nitrogen and oxygen atoms in total. The first-order valence-corrected chi connectivity index (χ1v) is 24.7. The summed E-state index contributed by atoms with van der Waals surface area (Å²) in [5.41, 5.74) is 6.45. The van der Waals surface area contributed by atoms with Crippen molar-refractivity contribution in [1.29, 1.82) is 0 Å². The molecule has 29 heteroatoms. The van der Waals surface area contributed by atoms with Crippen molar-refractivity contribution in [2.75, 3.05) is 0 Å². The molecule has 5 heterocycles. The van der Waals surface area contributed by atoms with E-state index in [-0.39, 0.29) is 17.1 Å². The Hall–Kier alpha value is -4.44. The Kier molecular flexibility index (Phi) is 15.9. The summed E-state index contributed by atoms with van der Waals surface area (Å²) in [6.45, 7) is 0. The van der Waals surface area contributed by atoms with E-state index >= 15 is 0 Å². The molecule has 6 N–H and O–H groups in total. The van der Waals surface area contributed by atoms with Crippen molar-refractivity contribution in [3.63, 3.8) is 0 Å². The molecule has 4 aromatic carbocycles. The van der Waals surface area contributed by atoms with Crippen LogP contribution in [0.3, 0.4) is 0 Å². The largest absolute Gasteiger partial charge is 0.353 e. The maximum atomic E-state index is 8.95. The third-order valence-corrected chi connectivity index (χ3v) is 7.46. The minimum Gasteiger partial charge on any atom is -0.324 e. The maximum Gasteiger partial charge on any atom is 0.353 e. The minimum absolute atomic E-state index is 0. The van der Waals surface area contributed by atoms with E-state index in [1.165, 1.54) is 0 Å². The molecule has 2 aliphatic rings. The second kappa shape index (κ2) is 19.7. The molecule has 0 saturated carbocycles. The zero-order valence-electron chi connectivity index (χ0n) is 29.4. The van der Waals surface area contributed by atoms with Crippen LogP contribution in [-0.2, 0) is 54.4 Å². The molecule has 0 atom stereocenters. The van der Waals surface area contributed by atoms with Gasteiger partial charge in [0, 0.05) is 104 Å². The number of H-pyrrole nitrogens is 2. The summed E-state index contributed by atoms with van der Waals surface area (Å²) >= 11 is 0. The van der Waals surface area contributed by atoms with Gasteiger partial charge in [0.1, 0.15) is 22.6 Å². The van der Waals surface area contributed by atoms with Gasteiger partial charge in [-0.2, -0.15) is 33.7 Å². The van der Waals surface area contributed by atoms with Crippen LogP contribution in [0.4, 0.5) is 0 Å². The number of halogens is 4. The molecule has 1 radical (unpaired) electrons. The van der Waals surface area contributed by atoms with Gasteiger partial charge in [0.2, 0.25) is 0 Å². The van der Waals surface area contributed by atoms with Crippen LogP contribution in [0.2, 0.25) is 0 Å². The molecule has 0 spiro atoms. The van der Waals surface area contributed by atoms with Crippen LogP contribution >= 0.6 is 42.7 Å². The molecule has 3 aromatic heterocycles. The fraction of sp³-hybridized carbons (Fsp3) is 0. The molecule has 0 unspecified atom stereocenters. The number of aromatic amines is 2. The molecule has 325 valence electrons. The van der Waals surface area contributed by atoms with Crippen LogP contribution in [0.5, 0.6) is 0 Å². The second-order valence-corrected chi connectivity index (χ2v) is 19.4. The van der Waals surface area contributed by atoms with Crippen LogP contribution < -0.4 is 0 Å². The van der Waals surface area contributed by atoms with Gasteiger partial charge in [-0.05, 0) is 0 Å². The molecule has 9 rings (SSSR count). The van der Waals surface area contributed by atoms with Crippen LogP contribution in [0.25, 0.3) is 89.7 Å². The summed E-state index contributed by atoms with van der Waals surface area (Å²) in [5.74, 6) is 2.39. The summed E-state index contributed by atoms with van der Waals surface area (Å²) in [5, 5.41) is 3.82. The molecular formula is C32H22Cl4CuN8O12S4.